The van der Waals surface area contributed by atoms with Gasteiger partial charge in [-0.2, -0.15) is 0 Å². The van der Waals surface area contributed by atoms with Gasteiger partial charge in [-0.25, -0.2) is 4.79 Å². The predicted octanol–water partition coefficient (Wildman–Crippen LogP) is 3.13. The lowest BCUT2D eigenvalue weighted by molar-refractivity contribution is 0.262. The molecule has 0 saturated carbocycles. The quantitative estimate of drug-likeness (QED) is 0.910. The van der Waals surface area contributed by atoms with Crippen molar-refractivity contribution in [1.82, 2.24) is 4.57 Å². The molecule has 0 radical (unpaired) electrons. The standard InChI is InChI=1S/C16H19N3O2/c1-4-19-8-7-15(20)14(10-19)18-16(21)17-13-9-11(2)5-6-12(13)3/h5-10H,4H2,1-3H3,(H2,17,18,21). The molecule has 110 valence electrons. The van der Waals surface area contributed by atoms with E-state index in [0.717, 1.165) is 23.4 Å². The van der Waals surface area contributed by atoms with Crippen molar-refractivity contribution in [3.63, 3.8) is 0 Å². The minimum Gasteiger partial charge on any atom is -0.352 e. The van der Waals surface area contributed by atoms with Gasteiger partial charge >= 0.3 is 6.03 Å². The third kappa shape index (κ3) is 3.72. The molecule has 0 bridgehead atoms. The fourth-order valence-corrected chi connectivity index (χ4v) is 1.96. The van der Waals surface area contributed by atoms with Gasteiger partial charge < -0.3 is 15.2 Å². The van der Waals surface area contributed by atoms with Crippen molar-refractivity contribution in [2.45, 2.75) is 27.3 Å². The van der Waals surface area contributed by atoms with Crippen LogP contribution in [0.2, 0.25) is 0 Å². The number of aromatic nitrogens is 1. The second kappa shape index (κ2) is 6.26. The molecular weight excluding hydrogens is 266 g/mol. The zero-order chi connectivity index (χ0) is 15.4. The fourth-order valence-electron chi connectivity index (χ4n) is 1.96. The summed E-state index contributed by atoms with van der Waals surface area (Å²) >= 11 is 0. The lowest BCUT2D eigenvalue weighted by Gasteiger charge is -2.11. The first-order valence-corrected chi connectivity index (χ1v) is 6.85. The van der Waals surface area contributed by atoms with Crippen LogP contribution in [-0.2, 0) is 6.54 Å². The highest BCUT2D eigenvalue weighted by Gasteiger charge is 2.07. The zero-order valence-electron chi connectivity index (χ0n) is 12.4. The van der Waals surface area contributed by atoms with Crippen molar-refractivity contribution >= 4 is 17.4 Å². The number of aryl methyl sites for hydroxylation is 3. The molecule has 2 aromatic rings. The van der Waals surface area contributed by atoms with Crippen molar-refractivity contribution < 1.29 is 4.79 Å². The van der Waals surface area contributed by atoms with Crippen LogP contribution in [0.5, 0.6) is 0 Å². The first-order valence-electron chi connectivity index (χ1n) is 6.85. The summed E-state index contributed by atoms with van der Waals surface area (Å²) in [6.07, 6.45) is 3.32. The van der Waals surface area contributed by atoms with Gasteiger partial charge in [0.2, 0.25) is 5.43 Å². The number of pyridine rings is 1. The Balaban J connectivity index is 2.15. The predicted molar refractivity (Wildman–Crippen MR) is 84.9 cm³/mol. The first kappa shape index (κ1) is 14.8. The van der Waals surface area contributed by atoms with Gasteiger partial charge in [-0.1, -0.05) is 12.1 Å². The number of hydrogen-bond acceptors (Lipinski definition) is 2. The number of amides is 2. The third-order valence-electron chi connectivity index (χ3n) is 3.23. The topological polar surface area (TPSA) is 63.1 Å². The van der Waals surface area contributed by atoms with E-state index >= 15 is 0 Å². The number of rotatable bonds is 3. The molecule has 2 N–H and O–H groups in total. The Morgan fingerprint density at radius 3 is 2.57 bits per heavy atom. The molecule has 0 unspecified atom stereocenters. The van der Waals surface area contributed by atoms with Crippen molar-refractivity contribution in [2.75, 3.05) is 10.6 Å². The highest BCUT2D eigenvalue weighted by atomic mass is 16.2. The molecule has 2 amide bonds. The number of carbonyl (C=O) groups excluding carboxylic acids is 1. The van der Waals surface area contributed by atoms with Crippen LogP contribution in [-0.4, -0.2) is 10.6 Å². The minimum atomic E-state index is -0.422. The maximum absolute atomic E-state index is 12.0. The highest BCUT2D eigenvalue weighted by molar-refractivity contribution is 6.00. The van der Waals surface area contributed by atoms with E-state index in [-0.39, 0.29) is 11.1 Å². The summed E-state index contributed by atoms with van der Waals surface area (Å²) < 4.78 is 1.83. The molecule has 0 fully saturated rings. The third-order valence-corrected chi connectivity index (χ3v) is 3.23. The molecule has 1 heterocycles. The Labute approximate surface area is 123 Å². The van der Waals surface area contributed by atoms with Crippen LogP contribution >= 0.6 is 0 Å². The Morgan fingerprint density at radius 1 is 1.14 bits per heavy atom. The normalized spacial score (nSPS) is 10.2. The molecule has 2 rings (SSSR count). The number of carbonyl (C=O) groups is 1. The summed E-state index contributed by atoms with van der Waals surface area (Å²) in [5.74, 6) is 0. The van der Waals surface area contributed by atoms with Crippen LogP contribution in [0.25, 0.3) is 0 Å². The second-order valence-electron chi connectivity index (χ2n) is 4.95. The number of hydrogen-bond donors (Lipinski definition) is 2. The molecule has 5 nitrogen and oxygen atoms in total. The maximum atomic E-state index is 12.0. The molecule has 0 saturated heterocycles. The smallest absolute Gasteiger partial charge is 0.323 e. The second-order valence-corrected chi connectivity index (χ2v) is 4.95. The Kier molecular flexibility index (Phi) is 4.42. The largest absolute Gasteiger partial charge is 0.352 e. The van der Waals surface area contributed by atoms with Crippen LogP contribution in [0.4, 0.5) is 16.2 Å². The molecule has 0 aliphatic heterocycles. The van der Waals surface area contributed by atoms with E-state index in [1.165, 1.54) is 6.07 Å². The van der Waals surface area contributed by atoms with E-state index in [9.17, 15) is 9.59 Å². The van der Waals surface area contributed by atoms with Crippen LogP contribution < -0.4 is 16.1 Å². The molecule has 1 aromatic heterocycles. The number of urea groups is 1. The van der Waals surface area contributed by atoms with E-state index in [1.807, 2.05) is 43.5 Å². The summed E-state index contributed by atoms with van der Waals surface area (Å²) in [7, 11) is 0. The first-order chi connectivity index (χ1) is 9.99. The van der Waals surface area contributed by atoms with Crippen LogP contribution in [0.15, 0.2) is 41.5 Å². The summed E-state index contributed by atoms with van der Waals surface area (Å²) in [5.41, 5.74) is 2.82. The van der Waals surface area contributed by atoms with Gasteiger partial charge in [0.25, 0.3) is 0 Å². The molecule has 0 spiro atoms. The van der Waals surface area contributed by atoms with Gasteiger partial charge in [0, 0.05) is 30.7 Å². The molecule has 0 aliphatic rings. The summed E-state index contributed by atoms with van der Waals surface area (Å²) in [4.78, 5) is 23.8. The Hall–Kier alpha value is -2.56. The van der Waals surface area contributed by atoms with Crippen LogP contribution in [0, 0.1) is 13.8 Å². The average molecular weight is 285 g/mol. The molecular formula is C16H19N3O2. The van der Waals surface area contributed by atoms with Crippen molar-refractivity contribution in [3.8, 4) is 0 Å². The van der Waals surface area contributed by atoms with Gasteiger partial charge in [-0.3, -0.25) is 4.79 Å². The average Bonchev–Trinajstić information content (AvgIpc) is 2.45. The zero-order valence-corrected chi connectivity index (χ0v) is 12.4. The van der Waals surface area contributed by atoms with Gasteiger partial charge in [0.05, 0.1) is 0 Å². The number of nitrogens with one attached hydrogen (secondary N) is 2. The van der Waals surface area contributed by atoms with E-state index < -0.39 is 6.03 Å². The Bertz CT molecular complexity index is 720. The minimum absolute atomic E-state index is 0.212. The molecule has 1 aromatic carbocycles. The molecule has 0 atom stereocenters. The van der Waals surface area contributed by atoms with Crippen molar-refractivity contribution in [1.29, 1.82) is 0 Å². The van der Waals surface area contributed by atoms with E-state index in [0.29, 0.717) is 0 Å². The fraction of sp³-hybridized carbons (Fsp3) is 0.250. The molecule has 21 heavy (non-hydrogen) atoms. The van der Waals surface area contributed by atoms with Gasteiger partial charge in [0.1, 0.15) is 5.69 Å². The van der Waals surface area contributed by atoms with Crippen molar-refractivity contribution in [3.05, 3.63) is 58.0 Å². The van der Waals surface area contributed by atoms with Crippen LogP contribution in [0.3, 0.4) is 0 Å². The summed E-state index contributed by atoms with van der Waals surface area (Å²) in [6.45, 7) is 6.57. The van der Waals surface area contributed by atoms with E-state index in [1.54, 1.807) is 12.4 Å². The Morgan fingerprint density at radius 2 is 1.86 bits per heavy atom. The van der Waals surface area contributed by atoms with E-state index in [4.69, 9.17) is 0 Å². The monoisotopic (exact) mass is 285 g/mol. The van der Waals surface area contributed by atoms with Gasteiger partial charge in [-0.15, -0.1) is 0 Å². The van der Waals surface area contributed by atoms with Gasteiger partial charge in [0.15, 0.2) is 0 Å². The SMILES string of the molecule is CCn1ccc(=O)c(NC(=O)Nc2cc(C)ccc2C)c1. The highest BCUT2D eigenvalue weighted by Crippen LogP contribution is 2.16. The van der Waals surface area contributed by atoms with E-state index in [2.05, 4.69) is 10.6 Å². The summed E-state index contributed by atoms with van der Waals surface area (Å²) in [5, 5.41) is 5.36. The number of anilines is 2. The number of benzene rings is 1. The maximum Gasteiger partial charge on any atom is 0.323 e. The van der Waals surface area contributed by atoms with Crippen LogP contribution in [0.1, 0.15) is 18.1 Å². The summed E-state index contributed by atoms with van der Waals surface area (Å²) in [6, 6.07) is 6.84. The van der Waals surface area contributed by atoms with Gasteiger partial charge in [-0.05, 0) is 38.0 Å². The lowest BCUT2D eigenvalue weighted by Crippen LogP contribution is -2.24. The number of nitrogens with zero attached hydrogens (tertiary/aromatic N) is 1. The molecule has 0 aliphatic carbocycles. The van der Waals surface area contributed by atoms with Crippen molar-refractivity contribution in [2.24, 2.45) is 0 Å². The lowest BCUT2D eigenvalue weighted by atomic mass is 10.1. The molecule has 5 heteroatoms.